The molecule has 0 bridgehead atoms. The van der Waals surface area contributed by atoms with Crippen molar-refractivity contribution in [3.8, 4) is 0 Å². The number of hydrogen-bond donors (Lipinski definition) is 0. The fourth-order valence-electron chi connectivity index (χ4n) is 5.20. The maximum absolute atomic E-state index is 2.39. The molecule has 4 atom stereocenters. The zero-order valence-corrected chi connectivity index (χ0v) is 23.7. The van der Waals surface area contributed by atoms with Gasteiger partial charge in [-0.1, -0.05) is 27.7 Å². The van der Waals surface area contributed by atoms with Crippen LogP contribution in [0, 0.1) is 23.7 Å². The second-order valence-electron chi connectivity index (χ2n) is 9.55. The number of likely N-dealkylation sites (tertiary alicyclic amines) is 2. The summed E-state index contributed by atoms with van der Waals surface area (Å²) >= 11 is 0. The van der Waals surface area contributed by atoms with Gasteiger partial charge in [-0.25, -0.2) is 0 Å². The molecule has 2 saturated heterocycles. The van der Waals surface area contributed by atoms with Crippen molar-refractivity contribution in [3.05, 3.63) is 0 Å². The van der Waals surface area contributed by atoms with E-state index in [4.69, 9.17) is 0 Å². The molecular weight excluding hydrogens is 446 g/mol. The standard InChI is InChI=1S/2C10H22N.2Y/c1-5-10-6-9(2)7-11(3,4)8-10;1-5-9-7-11(3,4)8-10(9)6-2;;/h2*9-10H,5-8H2,1-4H3;;/q2*+1;;. The summed E-state index contributed by atoms with van der Waals surface area (Å²) in [6.07, 6.45) is 5.57. The van der Waals surface area contributed by atoms with E-state index in [1.807, 2.05) is 0 Å². The summed E-state index contributed by atoms with van der Waals surface area (Å²) < 4.78 is 2.48. The summed E-state index contributed by atoms with van der Waals surface area (Å²) in [6, 6.07) is 0. The summed E-state index contributed by atoms with van der Waals surface area (Å²) in [6.45, 7) is 14.9. The monoisotopic (exact) mass is 490 g/mol. The van der Waals surface area contributed by atoms with Gasteiger partial charge < -0.3 is 8.97 Å². The Bertz CT molecular complexity index is 318. The van der Waals surface area contributed by atoms with Crippen LogP contribution in [0.25, 0.3) is 0 Å². The summed E-state index contributed by atoms with van der Waals surface area (Å²) in [5.74, 6) is 3.91. The molecule has 2 aliphatic heterocycles. The number of piperidine rings is 1. The predicted molar refractivity (Wildman–Crippen MR) is 98.8 cm³/mol. The van der Waals surface area contributed by atoms with Crippen LogP contribution in [0.5, 0.6) is 0 Å². The fraction of sp³-hybridized carbons (Fsp3) is 1.00. The number of hydrogen-bond acceptors (Lipinski definition) is 0. The Morgan fingerprint density at radius 2 is 1.08 bits per heavy atom. The van der Waals surface area contributed by atoms with E-state index in [2.05, 4.69) is 55.9 Å². The number of nitrogens with zero attached hydrogens (tertiary/aromatic N) is 2. The topological polar surface area (TPSA) is 0 Å². The maximum Gasteiger partial charge on any atom is 0.0815 e. The smallest absolute Gasteiger partial charge is 0.0815 e. The van der Waals surface area contributed by atoms with Gasteiger partial charge in [0.05, 0.1) is 54.4 Å². The van der Waals surface area contributed by atoms with Gasteiger partial charge in [-0.2, -0.15) is 0 Å². The van der Waals surface area contributed by atoms with Crippen molar-refractivity contribution in [3.63, 3.8) is 0 Å². The molecule has 0 amide bonds. The largest absolute Gasteiger partial charge is 0.328 e. The molecule has 2 fully saturated rings. The Hall–Kier alpha value is 2.13. The van der Waals surface area contributed by atoms with Crippen molar-refractivity contribution < 1.29 is 74.4 Å². The Kier molecular flexibility index (Phi) is 14.8. The first-order chi connectivity index (χ1) is 10.1. The SMILES string of the molecule is CCC1CC(C)C[N+](C)(C)C1.CCC1C[N+](C)(C)CC1CC.[Y].[Y]. The quantitative estimate of drug-likeness (QED) is 0.519. The Morgan fingerprint density at radius 3 is 1.42 bits per heavy atom. The molecule has 2 aliphatic rings. The van der Waals surface area contributed by atoms with Gasteiger partial charge >= 0.3 is 0 Å². The Morgan fingerprint density at radius 1 is 0.667 bits per heavy atom. The second kappa shape index (κ2) is 12.6. The fourth-order valence-corrected chi connectivity index (χ4v) is 5.20. The zero-order valence-electron chi connectivity index (χ0n) is 18.0. The van der Waals surface area contributed by atoms with Crippen molar-refractivity contribution >= 4 is 0 Å². The zero-order chi connectivity index (χ0) is 17.0. The average molecular weight is 490 g/mol. The molecule has 0 aromatic rings. The van der Waals surface area contributed by atoms with E-state index in [1.165, 1.54) is 60.8 Å². The van der Waals surface area contributed by atoms with E-state index in [0.29, 0.717) is 0 Å². The second-order valence-corrected chi connectivity index (χ2v) is 9.55. The molecule has 0 aromatic carbocycles. The van der Waals surface area contributed by atoms with Crippen LogP contribution >= 0.6 is 0 Å². The van der Waals surface area contributed by atoms with Gasteiger partial charge in [0, 0.05) is 89.1 Å². The van der Waals surface area contributed by atoms with Crippen LogP contribution in [0.3, 0.4) is 0 Å². The van der Waals surface area contributed by atoms with Crippen molar-refractivity contribution in [1.29, 1.82) is 0 Å². The molecule has 2 radical (unpaired) electrons. The minimum atomic E-state index is 0. The third-order valence-corrected chi connectivity index (χ3v) is 6.04. The molecule has 0 spiro atoms. The Balaban J connectivity index is 0. The molecule has 0 N–H and O–H groups in total. The molecular formula is C20H44N2Y2+2. The maximum atomic E-state index is 2.39. The van der Waals surface area contributed by atoms with Crippen molar-refractivity contribution in [2.75, 3.05) is 54.4 Å². The van der Waals surface area contributed by atoms with Crippen LogP contribution in [0.2, 0.25) is 0 Å². The average Bonchev–Trinajstić information content (AvgIpc) is 2.71. The van der Waals surface area contributed by atoms with E-state index in [1.54, 1.807) is 0 Å². The van der Waals surface area contributed by atoms with Crippen molar-refractivity contribution in [2.45, 2.75) is 53.4 Å². The van der Waals surface area contributed by atoms with Gasteiger partial charge in [-0.3, -0.25) is 0 Å². The summed E-state index contributed by atoms with van der Waals surface area (Å²) in [4.78, 5) is 0. The minimum absolute atomic E-state index is 0. The van der Waals surface area contributed by atoms with Gasteiger partial charge in [-0.15, -0.1) is 0 Å². The first-order valence-corrected chi connectivity index (χ1v) is 9.76. The van der Waals surface area contributed by atoms with Crippen LogP contribution in [-0.4, -0.2) is 63.3 Å². The van der Waals surface area contributed by atoms with E-state index >= 15 is 0 Å². The first kappa shape index (κ1) is 28.3. The van der Waals surface area contributed by atoms with Crippen LogP contribution < -0.4 is 0 Å². The predicted octanol–water partition coefficient (Wildman–Crippen LogP) is 4.25. The van der Waals surface area contributed by atoms with Gasteiger partial charge in [-0.05, 0) is 25.7 Å². The van der Waals surface area contributed by atoms with Crippen LogP contribution in [0.15, 0.2) is 0 Å². The van der Waals surface area contributed by atoms with Gasteiger partial charge in [0.15, 0.2) is 0 Å². The van der Waals surface area contributed by atoms with Gasteiger partial charge in [0.2, 0.25) is 0 Å². The first-order valence-electron chi connectivity index (χ1n) is 9.76. The molecule has 4 heteroatoms. The molecule has 2 rings (SSSR count). The van der Waals surface area contributed by atoms with Crippen molar-refractivity contribution in [2.24, 2.45) is 23.7 Å². The van der Waals surface area contributed by atoms with E-state index in [0.717, 1.165) is 23.7 Å². The molecule has 4 unspecified atom stereocenters. The summed E-state index contributed by atoms with van der Waals surface area (Å²) in [5, 5.41) is 0. The van der Waals surface area contributed by atoms with E-state index < -0.39 is 0 Å². The molecule has 0 aromatic heterocycles. The van der Waals surface area contributed by atoms with Crippen molar-refractivity contribution in [1.82, 2.24) is 0 Å². The number of quaternary nitrogens is 2. The van der Waals surface area contributed by atoms with Crippen LogP contribution in [0.4, 0.5) is 0 Å². The number of rotatable bonds is 3. The molecule has 2 heterocycles. The van der Waals surface area contributed by atoms with Crippen LogP contribution in [-0.2, 0) is 65.4 Å². The third kappa shape index (κ3) is 9.89. The molecule has 2 nitrogen and oxygen atoms in total. The Labute approximate surface area is 203 Å². The normalized spacial score (nSPS) is 33.5. The van der Waals surface area contributed by atoms with Gasteiger partial charge in [0.1, 0.15) is 0 Å². The molecule has 24 heavy (non-hydrogen) atoms. The third-order valence-electron chi connectivity index (χ3n) is 6.04. The molecule has 0 saturated carbocycles. The van der Waals surface area contributed by atoms with Gasteiger partial charge in [0.25, 0.3) is 0 Å². The summed E-state index contributed by atoms with van der Waals surface area (Å²) in [7, 11) is 9.44. The minimum Gasteiger partial charge on any atom is -0.328 e. The van der Waals surface area contributed by atoms with Crippen LogP contribution in [0.1, 0.15) is 53.4 Å². The summed E-state index contributed by atoms with van der Waals surface area (Å²) in [5.41, 5.74) is 0. The molecule has 0 aliphatic carbocycles. The van der Waals surface area contributed by atoms with E-state index in [9.17, 15) is 0 Å². The molecule has 138 valence electrons. The van der Waals surface area contributed by atoms with E-state index in [-0.39, 0.29) is 65.4 Å².